The zero-order chi connectivity index (χ0) is 15.8. The second-order valence-corrected chi connectivity index (χ2v) is 9.44. The maximum Gasteiger partial charge on any atom is 0.154 e. The van der Waals surface area contributed by atoms with Crippen molar-refractivity contribution in [1.29, 1.82) is 0 Å². The molecule has 0 bridgehead atoms. The van der Waals surface area contributed by atoms with Gasteiger partial charge in [-0.05, 0) is 30.4 Å². The van der Waals surface area contributed by atoms with Crippen LogP contribution in [0.5, 0.6) is 0 Å². The Morgan fingerprint density at radius 3 is 1.80 bits per heavy atom. The van der Waals surface area contributed by atoms with E-state index in [0.717, 1.165) is 5.56 Å². The van der Waals surface area contributed by atoms with E-state index in [2.05, 4.69) is 26.2 Å². The molecule has 3 N–H and O–H groups in total. The Labute approximate surface area is 122 Å². The molecule has 0 saturated heterocycles. The second-order valence-electron chi connectivity index (χ2n) is 6.85. The highest BCUT2D eigenvalue weighted by Crippen LogP contribution is 2.32. The largest absolute Gasteiger partial charge is 0.271 e. The molecule has 0 aliphatic carbocycles. The lowest BCUT2D eigenvalue weighted by Crippen LogP contribution is -2.47. The fourth-order valence-corrected chi connectivity index (χ4v) is 2.72. The van der Waals surface area contributed by atoms with E-state index in [1.54, 1.807) is 13.8 Å². The molecule has 1 aromatic rings. The van der Waals surface area contributed by atoms with Gasteiger partial charge in [-0.3, -0.25) is 11.3 Å². The number of nitrogens with two attached hydrogens (primary N) is 1. The van der Waals surface area contributed by atoms with E-state index in [0.29, 0.717) is 0 Å². The standard InChI is InChI=1S/C15H26N2O2S/c1-14(2,3)12-9-7-11(8-10-12)13(17-16)15(4,5)20(6,18)19/h7-10,13,17H,16H2,1-6H3. The Kier molecular flexibility index (Phi) is 4.69. The predicted molar refractivity (Wildman–Crippen MR) is 84.1 cm³/mol. The average molecular weight is 298 g/mol. The summed E-state index contributed by atoms with van der Waals surface area (Å²) in [5.41, 5.74) is 4.78. The fraction of sp³-hybridized carbons (Fsp3) is 0.600. The molecule has 20 heavy (non-hydrogen) atoms. The van der Waals surface area contributed by atoms with Crippen LogP contribution in [0.4, 0.5) is 0 Å². The third-order valence-corrected chi connectivity index (χ3v) is 6.07. The van der Waals surface area contributed by atoms with Gasteiger partial charge in [0.25, 0.3) is 0 Å². The van der Waals surface area contributed by atoms with Crippen LogP contribution in [0.25, 0.3) is 0 Å². The van der Waals surface area contributed by atoms with Gasteiger partial charge in [-0.1, -0.05) is 45.0 Å². The molecule has 1 atom stereocenters. The van der Waals surface area contributed by atoms with Gasteiger partial charge in [-0.2, -0.15) is 0 Å². The predicted octanol–water partition coefficient (Wildman–Crippen LogP) is 2.31. The molecule has 0 saturated carbocycles. The van der Waals surface area contributed by atoms with Crippen LogP contribution in [0.3, 0.4) is 0 Å². The highest BCUT2D eigenvalue weighted by Gasteiger charge is 2.39. The lowest BCUT2D eigenvalue weighted by Gasteiger charge is -2.32. The Balaban J connectivity index is 3.22. The van der Waals surface area contributed by atoms with Gasteiger partial charge in [0, 0.05) is 6.26 Å². The van der Waals surface area contributed by atoms with Crippen LogP contribution in [0.15, 0.2) is 24.3 Å². The van der Waals surface area contributed by atoms with E-state index in [1.165, 1.54) is 11.8 Å². The average Bonchev–Trinajstić information content (AvgIpc) is 2.27. The van der Waals surface area contributed by atoms with Gasteiger partial charge in [0.1, 0.15) is 0 Å². The quantitative estimate of drug-likeness (QED) is 0.661. The fourth-order valence-electron chi connectivity index (χ4n) is 2.09. The first-order chi connectivity index (χ1) is 8.91. The third kappa shape index (κ3) is 3.40. The number of hydrazine groups is 1. The molecular formula is C15H26N2O2S. The topological polar surface area (TPSA) is 72.2 Å². The van der Waals surface area contributed by atoms with Crippen molar-refractivity contribution >= 4 is 9.84 Å². The number of rotatable bonds is 4. The summed E-state index contributed by atoms with van der Waals surface area (Å²) in [6.45, 7) is 9.79. The van der Waals surface area contributed by atoms with Crippen molar-refractivity contribution in [2.24, 2.45) is 5.84 Å². The first-order valence-corrected chi connectivity index (χ1v) is 8.56. The van der Waals surface area contributed by atoms with Crippen molar-refractivity contribution in [3.63, 3.8) is 0 Å². The molecule has 114 valence electrons. The molecule has 0 spiro atoms. The first kappa shape index (κ1) is 17.1. The van der Waals surface area contributed by atoms with Crippen molar-refractivity contribution in [1.82, 2.24) is 5.43 Å². The summed E-state index contributed by atoms with van der Waals surface area (Å²) in [5, 5.41) is 0. The number of sulfone groups is 1. The highest BCUT2D eigenvalue weighted by atomic mass is 32.2. The Bertz CT molecular complexity index is 555. The van der Waals surface area contributed by atoms with E-state index in [1.807, 2.05) is 24.3 Å². The summed E-state index contributed by atoms with van der Waals surface area (Å²) in [4.78, 5) is 0. The molecule has 0 heterocycles. The van der Waals surface area contributed by atoms with Gasteiger partial charge in [-0.15, -0.1) is 0 Å². The minimum atomic E-state index is -3.24. The molecule has 0 amide bonds. The molecule has 0 aliphatic heterocycles. The molecule has 1 unspecified atom stereocenters. The monoisotopic (exact) mass is 298 g/mol. The molecule has 0 aliphatic rings. The third-order valence-electron chi connectivity index (χ3n) is 3.93. The lowest BCUT2D eigenvalue weighted by atomic mass is 9.85. The summed E-state index contributed by atoms with van der Waals surface area (Å²) in [6.07, 6.45) is 1.24. The van der Waals surface area contributed by atoms with E-state index >= 15 is 0 Å². The van der Waals surface area contributed by atoms with Crippen LogP contribution in [-0.2, 0) is 15.3 Å². The molecular weight excluding hydrogens is 272 g/mol. The summed E-state index contributed by atoms with van der Waals surface area (Å²) in [5.74, 6) is 5.60. The van der Waals surface area contributed by atoms with E-state index in [9.17, 15) is 8.42 Å². The van der Waals surface area contributed by atoms with Crippen LogP contribution in [0, 0.1) is 0 Å². The van der Waals surface area contributed by atoms with Crippen LogP contribution in [0.2, 0.25) is 0 Å². The first-order valence-electron chi connectivity index (χ1n) is 6.67. The SMILES string of the molecule is CC(C)(C)c1ccc(C(NN)C(C)(C)S(C)(=O)=O)cc1. The van der Waals surface area contributed by atoms with E-state index < -0.39 is 20.6 Å². The minimum Gasteiger partial charge on any atom is -0.271 e. The van der Waals surface area contributed by atoms with Gasteiger partial charge < -0.3 is 0 Å². The normalized spacial score (nSPS) is 15.2. The van der Waals surface area contributed by atoms with Gasteiger partial charge in [0.15, 0.2) is 9.84 Å². The Morgan fingerprint density at radius 2 is 1.50 bits per heavy atom. The van der Waals surface area contributed by atoms with Gasteiger partial charge in [-0.25, -0.2) is 8.42 Å². The summed E-state index contributed by atoms with van der Waals surface area (Å²) >= 11 is 0. The maximum atomic E-state index is 12.0. The Morgan fingerprint density at radius 1 is 1.05 bits per heavy atom. The van der Waals surface area contributed by atoms with Crippen LogP contribution >= 0.6 is 0 Å². The molecule has 1 aromatic carbocycles. The van der Waals surface area contributed by atoms with Gasteiger partial charge >= 0.3 is 0 Å². The molecule has 1 rings (SSSR count). The van der Waals surface area contributed by atoms with Crippen LogP contribution < -0.4 is 11.3 Å². The van der Waals surface area contributed by atoms with E-state index in [4.69, 9.17) is 5.84 Å². The van der Waals surface area contributed by atoms with Crippen LogP contribution in [-0.4, -0.2) is 19.4 Å². The van der Waals surface area contributed by atoms with Crippen molar-refractivity contribution in [2.75, 3.05) is 6.26 Å². The molecule has 0 aromatic heterocycles. The minimum absolute atomic E-state index is 0.0660. The molecule has 5 heteroatoms. The Hall–Kier alpha value is -0.910. The smallest absolute Gasteiger partial charge is 0.154 e. The second kappa shape index (κ2) is 5.47. The van der Waals surface area contributed by atoms with Crippen molar-refractivity contribution in [3.05, 3.63) is 35.4 Å². The number of hydrogen-bond acceptors (Lipinski definition) is 4. The summed E-state index contributed by atoms with van der Waals surface area (Å²) in [7, 11) is -3.24. The summed E-state index contributed by atoms with van der Waals surface area (Å²) in [6, 6.07) is 7.48. The molecule has 4 nitrogen and oxygen atoms in total. The number of hydrogen-bond donors (Lipinski definition) is 2. The zero-order valence-electron chi connectivity index (χ0n) is 13.2. The lowest BCUT2D eigenvalue weighted by molar-refractivity contribution is 0.427. The van der Waals surface area contributed by atoms with Crippen molar-refractivity contribution < 1.29 is 8.42 Å². The molecule has 0 fully saturated rings. The van der Waals surface area contributed by atoms with Gasteiger partial charge in [0.2, 0.25) is 0 Å². The van der Waals surface area contributed by atoms with Crippen molar-refractivity contribution in [3.8, 4) is 0 Å². The molecule has 0 radical (unpaired) electrons. The van der Waals surface area contributed by atoms with E-state index in [-0.39, 0.29) is 5.41 Å². The highest BCUT2D eigenvalue weighted by molar-refractivity contribution is 7.92. The van der Waals surface area contributed by atoms with Crippen LogP contribution in [0.1, 0.15) is 51.8 Å². The van der Waals surface area contributed by atoms with Gasteiger partial charge in [0.05, 0.1) is 10.8 Å². The number of nitrogens with one attached hydrogen (secondary N) is 1. The van der Waals surface area contributed by atoms with Crippen molar-refractivity contribution in [2.45, 2.75) is 50.8 Å². The number of benzene rings is 1. The summed E-state index contributed by atoms with van der Waals surface area (Å²) < 4.78 is 22.9. The maximum absolute atomic E-state index is 12.0. The zero-order valence-corrected chi connectivity index (χ0v) is 14.0.